The highest BCUT2D eigenvalue weighted by molar-refractivity contribution is 7.15. The molecular formula is C16H28N4OS. The van der Waals surface area contributed by atoms with Crippen LogP contribution in [0.3, 0.4) is 0 Å². The van der Waals surface area contributed by atoms with E-state index in [1.807, 2.05) is 32.7 Å². The Morgan fingerprint density at radius 1 is 1.36 bits per heavy atom. The second-order valence-electron chi connectivity index (χ2n) is 7.49. The van der Waals surface area contributed by atoms with Gasteiger partial charge in [-0.1, -0.05) is 46.0 Å². The minimum absolute atomic E-state index is 0.208. The molecule has 0 aromatic carbocycles. The van der Waals surface area contributed by atoms with Gasteiger partial charge in [0.25, 0.3) is 0 Å². The summed E-state index contributed by atoms with van der Waals surface area (Å²) >= 11 is 1.68. The molecule has 0 bridgehead atoms. The zero-order chi connectivity index (χ0) is 16.5. The Labute approximate surface area is 137 Å². The van der Waals surface area contributed by atoms with Gasteiger partial charge < -0.3 is 9.80 Å². The molecule has 0 N–H and O–H groups in total. The zero-order valence-corrected chi connectivity index (χ0v) is 15.4. The lowest BCUT2D eigenvalue weighted by Crippen LogP contribution is -2.51. The Kier molecular flexibility index (Phi) is 5.10. The van der Waals surface area contributed by atoms with Gasteiger partial charge in [-0.05, 0) is 12.8 Å². The highest BCUT2D eigenvalue weighted by Crippen LogP contribution is 2.29. The Balaban J connectivity index is 2.06. The highest BCUT2D eigenvalue weighted by Gasteiger charge is 2.32. The first-order chi connectivity index (χ1) is 10.2. The van der Waals surface area contributed by atoms with Crippen molar-refractivity contribution in [2.24, 2.45) is 5.41 Å². The van der Waals surface area contributed by atoms with Crippen LogP contribution in [0.2, 0.25) is 0 Å². The molecule has 1 saturated heterocycles. The number of amides is 1. The Hall–Kier alpha value is -1.17. The van der Waals surface area contributed by atoms with E-state index in [-0.39, 0.29) is 17.4 Å². The summed E-state index contributed by atoms with van der Waals surface area (Å²) < 4.78 is 0. The van der Waals surface area contributed by atoms with Crippen molar-refractivity contribution in [3.8, 4) is 0 Å². The van der Waals surface area contributed by atoms with Crippen molar-refractivity contribution in [3.63, 3.8) is 0 Å². The average Bonchev–Trinajstić information content (AvgIpc) is 2.95. The van der Waals surface area contributed by atoms with Gasteiger partial charge in [0.2, 0.25) is 11.0 Å². The summed E-state index contributed by atoms with van der Waals surface area (Å²) in [6.45, 7) is 12.1. The number of likely N-dealkylation sites (N-methyl/N-ethyl adjacent to an activating group) is 1. The summed E-state index contributed by atoms with van der Waals surface area (Å²) in [4.78, 5) is 16.7. The van der Waals surface area contributed by atoms with E-state index in [9.17, 15) is 4.79 Å². The van der Waals surface area contributed by atoms with Crippen LogP contribution in [0.4, 0.5) is 5.13 Å². The minimum atomic E-state index is -0.329. The summed E-state index contributed by atoms with van der Waals surface area (Å²) in [5.41, 5.74) is -0.329. The summed E-state index contributed by atoms with van der Waals surface area (Å²) in [6, 6.07) is 0.256. The molecule has 6 heteroatoms. The maximum absolute atomic E-state index is 12.5. The van der Waals surface area contributed by atoms with E-state index in [0.717, 1.165) is 36.1 Å². The number of hydrogen-bond acceptors (Lipinski definition) is 5. The van der Waals surface area contributed by atoms with Crippen molar-refractivity contribution in [1.82, 2.24) is 15.1 Å². The standard InChI is InChI=1S/C16H28N4OS/c1-11(2)13-17-18-15(22-13)20-9-7-8-12(10-20)19(6)14(21)16(3,4)5/h11-12H,7-10H2,1-6H3. The normalized spacial score (nSPS) is 19.6. The van der Waals surface area contributed by atoms with E-state index in [1.54, 1.807) is 11.3 Å². The number of piperidine rings is 1. The van der Waals surface area contributed by atoms with Gasteiger partial charge in [-0.3, -0.25) is 4.79 Å². The minimum Gasteiger partial charge on any atom is -0.345 e. The average molecular weight is 324 g/mol. The van der Waals surface area contributed by atoms with Gasteiger partial charge in [0, 0.05) is 37.5 Å². The van der Waals surface area contributed by atoms with Crippen molar-refractivity contribution >= 4 is 22.4 Å². The third-order valence-corrected chi connectivity index (χ3v) is 5.39. The quantitative estimate of drug-likeness (QED) is 0.857. The molecule has 1 aliphatic heterocycles. The van der Waals surface area contributed by atoms with Gasteiger partial charge in [-0.2, -0.15) is 0 Å². The van der Waals surface area contributed by atoms with Gasteiger partial charge >= 0.3 is 0 Å². The molecule has 1 amide bonds. The Bertz CT molecular complexity index is 520. The molecule has 0 aliphatic carbocycles. The summed E-state index contributed by atoms with van der Waals surface area (Å²) in [5.74, 6) is 0.622. The number of rotatable bonds is 3. The van der Waals surface area contributed by atoms with Crippen molar-refractivity contribution < 1.29 is 4.79 Å². The van der Waals surface area contributed by atoms with Crippen LogP contribution in [0.1, 0.15) is 58.4 Å². The molecule has 1 atom stereocenters. The highest BCUT2D eigenvalue weighted by atomic mass is 32.1. The number of nitrogens with zero attached hydrogens (tertiary/aromatic N) is 4. The number of carbonyl (C=O) groups is 1. The molecule has 1 aliphatic rings. The van der Waals surface area contributed by atoms with E-state index < -0.39 is 0 Å². The van der Waals surface area contributed by atoms with Crippen LogP contribution >= 0.6 is 11.3 Å². The molecule has 1 aromatic rings. The predicted octanol–water partition coefficient (Wildman–Crippen LogP) is 3.13. The first-order valence-electron chi connectivity index (χ1n) is 8.05. The summed E-state index contributed by atoms with van der Waals surface area (Å²) in [6.07, 6.45) is 2.15. The maximum atomic E-state index is 12.5. The molecule has 124 valence electrons. The third kappa shape index (κ3) is 3.77. The van der Waals surface area contributed by atoms with Crippen LogP contribution in [0.25, 0.3) is 0 Å². The summed E-state index contributed by atoms with van der Waals surface area (Å²) in [5, 5.41) is 10.7. The topological polar surface area (TPSA) is 49.3 Å². The monoisotopic (exact) mass is 324 g/mol. The molecule has 5 nitrogen and oxygen atoms in total. The molecule has 1 aromatic heterocycles. The first kappa shape index (κ1) is 17.2. The van der Waals surface area contributed by atoms with Gasteiger partial charge in [0.15, 0.2) is 0 Å². The lowest BCUT2D eigenvalue weighted by atomic mass is 9.93. The smallest absolute Gasteiger partial charge is 0.227 e. The Morgan fingerprint density at radius 3 is 2.59 bits per heavy atom. The van der Waals surface area contributed by atoms with Crippen molar-refractivity contribution in [3.05, 3.63) is 5.01 Å². The molecule has 2 rings (SSSR count). The molecule has 2 heterocycles. The van der Waals surface area contributed by atoms with Gasteiger partial charge in [-0.25, -0.2) is 0 Å². The fourth-order valence-corrected chi connectivity index (χ4v) is 3.61. The van der Waals surface area contributed by atoms with Crippen LogP contribution in [0.5, 0.6) is 0 Å². The van der Waals surface area contributed by atoms with E-state index in [4.69, 9.17) is 0 Å². The molecule has 1 fully saturated rings. The number of anilines is 1. The lowest BCUT2D eigenvalue weighted by molar-refractivity contribution is -0.140. The zero-order valence-electron chi connectivity index (χ0n) is 14.6. The fraction of sp³-hybridized carbons (Fsp3) is 0.812. The number of carbonyl (C=O) groups excluding carboxylic acids is 1. The predicted molar refractivity (Wildman–Crippen MR) is 91.5 cm³/mol. The first-order valence-corrected chi connectivity index (χ1v) is 8.87. The lowest BCUT2D eigenvalue weighted by Gasteiger charge is -2.39. The molecule has 1 unspecified atom stereocenters. The molecular weight excluding hydrogens is 296 g/mol. The second-order valence-corrected chi connectivity index (χ2v) is 8.47. The van der Waals surface area contributed by atoms with Crippen molar-refractivity contribution in [2.75, 3.05) is 25.0 Å². The van der Waals surface area contributed by atoms with E-state index in [2.05, 4.69) is 28.9 Å². The van der Waals surface area contributed by atoms with Crippen molar-refractivity contribution in [2.45, 2.75) is 59.4 Å². The van der Waals surface area contributed by atoms with E-state index in [0.29, 0.717) is 5.92 Å². The number of hydrogen-bond donors (Lipinski definition) is 0. The van der Waals surface area contributed by atoms with E-state index >= 15 is 0 Å². The van der Waals surface area contributed by atoms with Gasteiger partial charge in [-0.15, -0.1) is 10.2 Å². The van der Waals surface area contributed by atoms with Crippen LogP contribution in [0.15, 0.2) is 0 Å². The third-order valence-electron chi connectivity index (χ3n) is 4.10. The van der Waals surface area contributed by atoms with Gasteiger partial charge in [0.1, 0.15) is 5.01 Å². The SMILES string of the molecule is CC(C)c1nnc(N2CCCC(N(C)C(=O)C(C)(C)C)C2)s1. The molecule has 0 saturated carbocycles. The molecule has 0 spiro atoms. The van der Waals surface area contributed by atoms with Crippen LogP contribution in [-0.2, 0) is 4.79 Å². The number of aromatic nitrogens is 2. The molecule has 0 radical (unpaired) electrons. The Morgan fingerprint density at radius 2 is 2.05 bits per heavy atom. The largest absolute Gasteiger partial charge is 0.345 e. The maximum Gasteiger partial charge on any atom is 0.227 e. The van der Waals surface area contributed by atoms with Crippen molar-refractivity contribution in [1.29, 1.82) is 0 Å². The summed E-state index contributed by atoms with van der Waals surface area (Å²) in [7, 11) is 1.93. The second kappa shape index (κ2) is 6.52. The van der Waals surface area contributed by atoms with Crippen LogP contribution < -0.4 is 4.90 Å². The van der Waals surface area contributed by atoms with E-state index in [1.165, 1.54) is 0 Å². The fourth-order valence-electron chi connectivity index (χ4n) is 2.73. The molecule has 22 heavy (non-hydrogen) atoms. The van der Waals surface area contributed by atoms with Crippen LogP contribution in [0, 0.1) is 5.41 Å². The van der Waals surface area contributed by atoms with Crippen LogP contribution in [-0.4, -0.2) is 47.2 Å². The van der Waals surface area contributed by atoms with Gasteiger partial charge in [0.05, 0.1) is 0 Å².